The average Bonchev–Trinajstić information content (AvgIpc) is 2.39. The highest BCUT2D eigenvalue weighted by molar-refractivity contribution is 5.92. The van der Waals surface area contributed by atoms with E-state index in [1.54, 1.807) is 6.07 Å². The molecular weight excluding hydrogens is 224 g/mol. The Hall–Kier alpha value is -1.35. The fourth-order valence-electron chi connectivity index (χ4n) is 2.00. The van der Waals surface area contributed by atoms with E-state index >= 15 is 0 Å². The van der Waals surface area contributed by atoms with E-state index in [1.807, 2.05) is 18.2 Å². The molecule has 0 aliphatic heterocycles. The van der Waals surface area contributed by atoms with Gasteiger partial charge in [0.1, 0.15) is 0 Å². The zero-order valence-electron chi connectivity index (χ0n) is 11.4. The largest absolute Gasteiger partial charge is 0.366 e. The summed E-state index contributed by atoms with van der Waals surface area (Å²) in [5, 5.41) is 3.53. The third kappa shape index (κ3) is 4.88. The van der Waals surface area contributed by atoms with Crippen LogP contribution in [-0.4, -0.2) is 11.9 Å². The molecule has 3 heteroatoms. The summed E-state index contributed by atoms with van der Waals surface area (Å²) in [4.78, 5) is 11.1. The van der Waals surface area contributed by atoms with E-state index in [0.29, 0.717) is 11.6 Å². The van der Waals surface area contributed by atoms with Crippen LogP contribution in [0.25, 0.3) is 0 Å². The molecule has 1 unspecified atom stereocenters. The van der Waals surface area contributed by atoms with Crippen LogP contribution < -0.4 is 11.1 Å². The van der Waals surface area contributed by atoms with Gasteiger partial charge in [-0.1, -0.05) is 38.8 Å². The van der Waals surface area contributed by atoms with Crippen LogP contribution in [0.5, 0.6) is 0 Å². The van der Waals surface area contributed by atoms with Crippen LogP contribution in [0, 0.1) is 0 Å². The van der Waals surface area contributed by atoms with Crippen molar-refractivity contribution in [2.45, 2.75) is 52.1 Å². The van der Waals surface area contributed by atoms with Gasteiger partial charge in [-0.3, -0.25) is 4.79 Å². The number of carbonyl (C=O) groups excluding carboxylic acids is 1. The normalized spacial score (nSPS) is 12.3. The Morgan fingerprint density at radius 3 is 2.78 bits per heavy atom. The van der Waals surface area contributed by atoms with Crippen molar-refractivity contribution in [1.29, 1.82) is 0 Å². The topological polar surface area (TPSA) is 55.1 Å². The lowest BCUT2D eigenvalue weighted by Gasteiger charge is -2.16. The summed E-state index contributed by atoms with van der Waals surface area (Å²) in [6.45, 7) is 5.21. The van der Waals surface area contributed by atoms with Gasteiger partial charge in [-0.25, -0.2) is 0 Å². The number of benzene rings is 1. The second kappa shape index (κ2) is 7.88. The number of primary amides is 1. The van der Waals surface area contributed by atoms with Crippen LogP contribution >= 0.6 is 0 Å². The molecule has 3 nitrogen and oxygen atoms in total. The number of hydrogen-bond donors (Lipinski definition) is 2. The van der Waals surface area contributed by atoms with Crippen LogP contribution in [0.1, 0.15) is 55.5 Å². The highest BCUT2D eigenvalue weighted by Crippen LogP contribution is 2.08. The molecule has 0 saturated heterocycles. The Morgan fingerprint density at radius 1 is 1.39 bits per heavy atom. The van der Waals surface area contributed by atoms with E-state index in [-0.39, 0.29) is 5.91 Å². The molecule has 3 N–H and O–H groups in total. The summed E-state index contributed by atoms with van der Waals surface area (Å²) in [5.41, 5.74) is 6.96. The van der Waals surface area contributed by atoms with Gasteiger partial charge in [0, 0.05) is 18.2 Å². The molecule has 0 aliphatic rings. The molecule has 0 bridgehead atoms. The van der Waals surface area contributed by atoms with E-state index in [1.165, 1.54) is 19.3 Å². The van der Waals surface area contributed by atoms with Gasteiger partial charge in [-0.2, -0.15) is 0 Å². The Kier molecular flexibility index (Phi) is 6.44. The molecule has 1 rings (SSSR count). The van der Waals surface area contributed by atoms with E-state index in [2.05, 4.69) is 19.2 Å². The lowest BCUT2D eigenvalue weighted by Crippen LogP contribution is -2.27. The van der Waals surface area contributed by atoms with Crippen LogP contribution in [0.3, 0.4) is 0 Å². The molecule has 0 heterocycles. The van der Waals surface area contributed by atoms with Crippen LogP contribution in [0.2, 0.25) is 0 Å². The van der Waals surface area contributed by atoms with Crippen molar-refractivity contribution in [1.82, 2.24) is 5.32 Å². The quantitative estimate of drug-likeness (QED) is 0.743. The number of nitrogens with one attached hydrogen (secondary N) is 1. The standard InChI is InChI=1S/C15H24N2O/c1-3-5-9-14(4-2)17-11-12-7-6-8-13(10-12)15(16)18/h6-8,10,14,17H,3-5,9,11H2,1-2H3,(H2,16,18). The van der Waals surface area contributed by atoms with Crippen molar-refractivity contribution in [3.8, 4) is 0 Å². The number of carbonyl (C=O) groups is 1. The van der Waals surface area contributed by atoms with Crippen molar-refractivity contribution in [3.63, 3.8) is 0 Å². The van der Waals surface area contributed by atoms with Crippen LogP contribution in [0.15, 0.2) is 24.3 Å². The fourth-order valence-corrected chi connectivity index (χ4v) is 2.00. The molecular formula is C15H24N2O. The van der Waals surface area contributed by atoms with E-state index < -0.39 is 0 Å². The molecule has 0 radical (unpaired) electrons. The first-order valence-electron chi connectivity index (χ1n) is 6.79. The number of amides is 1. The van der Waals surface area contributed by atoms with Gasteiger partial charge < -0.3 is 11.1 Å². The minimum atomic E-state index is -0.366. The van der Waals surface area contributed by atoms with Crippen LogP contribution in [0.4, 0.5) is 0 Å². The lowest BCUT2D eigenvalue weighted by molar-refractivity contribution is 0.1000. The van der Waals surface area contributed by atoms with Gasteiger partial charge in [-0.15, -0.1) is 0 Å². The lowest BCUT2D eigenvalue weighted by atomic mass is 10.1. The first-order chi connectivity index (χ1) is 8.67. The fraction of sp³-hybridized carbons (Fsp3) is 0.533. The van der Waals surface area contributed by atoms with Gasteiger partial charge in [0.05, 0.1) is 0 Å². The maximum absolute atomic E-state index is 11.1. The van der Waals surface area contributed by atoms with Crippen molar-refractivity contribution < 1.29 is 4.79 Å². The first-order valence-corrected chi connectivity index (χ1v) is 6.79. The van der Waals surface area contributed by atoms with Gasteiger partial charge in [0.15, 0.2) is 0 Å². The van der Waals surface area contributed by atoms with Crippen molar-refractivity contribution in [3.05, 3.63) is 35.4 Å². The number of unbranched alkanes of at least 4 members (excludes halogenated alkanes) is 1. The Balaban J connectivity index is 2.51. The van der Waals surface area contributed by atoms with E-state index in [0.717, 1.165) is 18.5 Å². The molecule has 0 aliphatic carbocycles. The molecule has 1 amide bonds. The van der Waals surface area contributed by atoms with Gasteiger partial charge in [0.25, 0.3) is 0 Å². The summed E-state index contributed by atoms with van der Waals surface area (Å²) in [7, 11) is 0. The first kappa shape index (κ1) is 14.7. The highest BCUT2D eigenvalue weighted by atomic mass is 16.1. The molecule has 1 aromatic rings. The van der Waals surface area contributed by atoms with Crippen LogP contribution in [-0.2, 0) is 6.54 Å². The zero-order valence-corrected chi connectivity index (χ0v) is 11.4. The summed E-state index contributed by atoms with van der Waals surface area (Å²) in [6.07, 6.45) is 4.83. The van der Waals surface area contributed by atoms with Crippen molar-refractivity contribution >= 4 is 5.91 Å². The van der Waals surface area contributed by atoms with E-state index in [4.69, 9.17) is 5.73 Å². The van der Waals surface area contributed by atoms with Crippen molar-refractivity contribution in [2.75, 3.05) is 0 Å². The molecule has 0 spiro atoms. The SMILES string of the molecule is CCCCC(CC)NCc1cccc(C(N)=O)c1. The molecule has 1 aromatic carbocycles. The predicted octanol–water partition coefficient (Wildman–Crippen LogP) is 2.84. The maximum Gasteiger partial charge on any atom is 0.248 e. The predicted molar refractivity (Wildman–Crippen MR) is 75.4 cm³/mol. The minimum Gasteiger partial charge on any atom is -0.366 e. The maximum atomic E-state index is 11.1. The molecule has 0 fully saturated rings. The molecule has 0 saturated carbocycles. The number of rotatable bonds is 8. The number of hydrogen-bond acceptors (Lipinski definition) is 2. The van der Waals surface area contributed by atoms with Gasteiger partial charge >= 0.3 is 0 Å². The zero-order chi connectivity index (χ0) is 13.4. The second-order valence-electron chi connectivity index (χ2n) is 4.69. The molecule has 18 heavy (non-hydrogen) atoms. The average molecular weight is 248 g/mol. The minimum absolute atomic E-state index is 0.366. The monoisotopic (exact) mass is 248 g/mol. The smallest absolute Gasteiger partial charge is 0.248 e. The Bertz CT molecular complexity index is 377. The summed E-state index contributed by atoms with van der Waals surface area (Å²) in [6, 6.07) is 8.07. The Labute approximate surface area is 110 Å². The third-order valence-corrected chi connectivity index (χ3v) is 3.21. The summed E-state index contributed by atoms with van der Waals surface area (Å²) in [5.74, 6) is -0.366. The number of nitrogens with two attached hydrogens (primary N) is 1. The van der Waals surface area contributed by atoms with Crippen molar-refractivity contribution in [2.24, 2.45) is 5.73 Å². The van der Waals surface area contributed by atoms with E-state index in [9.17, 15) is 4.79 Å². The van der Waals surface area contributed by atoms with Gasteiger partial charge in [-0.05, 0) is 30.5 Å². The molecule has 1 atom stereocenters. The summed E-state index contributed by atoms with van der Waals surface area (Å²) < 4.78 is 0. The highest BCUT2D eigenvalue weighted by Gasteiger charge is 2.06. The van der Waals surface area contributed by atoms with Gasteiger partial charge in [0.2, 0.25) is 5.91 Å². The third-order valence-electron chi connectivity index (χ3n) is 3.21. The Morgan fingerprint density at radius 2 is 2.17 bits per heavy atom. The summed E-state index contributed by atoms with van der Waals surface area (Å²) >= 11 is 0. The second-order valence-corrected chi connectivity index (χ2v) is 4.69. The molecule has 100 valence electrons. The molecule has 0 aromatic heterocycles.